The molecule has 0 saturated heterocycles. The lowest BCUT2D eigenvalue weighted by molar-refractivity contribution is -0.173. The largest absolute Gasteiger partial charge is 0.493 e. The first-order valence-electron chi connectivity index (χ1n) is 19.8. The minimum absolute atomic E-state index is 0.0629. The zero-order valence-electron chi connectivity index (χ0n) is 34.9. The summed E-state index contributed by atoms with van der Waals surface area (Å²) < 4.78 is 71.0. The van der Waals surface area contributed by atoms with E-state index < -0.39 is 22.7 Å². The summed E-state index contributed by atoms with van der Waals surface area (Å²) >= 11 is 0. The van der Waals surface area contributed by atoms with E-state index in [1.54, 1.807) is 40.2 Å². The van der Waals surface area contributed by atoms with Gasteiger partial charge in [0.05, 0.1) is 30.7 Å². The van der Waals surface area contributed by atoms with Crippen LogP contribution < -0.4 is 20.6 Å². The van der Waals surface area contributed by atoms with Gasteiger partial charge in [-0.05, 0) is 144 Å². The summed E-state index contributed by atoms with van der Waals surface area (Å²) in [5.41, 5.74) is 3.74. The molecule has 7 aromatic rings. The molecule has 0 amide bonds. The van der Waals surface area contributed by atoms with Gasteiger partial charge in [-0.1, -0.05) is 58.0 Å². The fourth-order valence-corrected chi connectivity index (χ4v) is 10.4. The molecule has 0 radical (unpaired) electrons. The number of aromatic nitrogens is 1. The van der Waals surface area contributed by atoms with E-state index >= 15 is 13.2 Å². The van der Waals surface area contributed by atoms with Crippen molar-refractivity contribution in [2.24, 2.45) is 0 Å². The fraction of sp³-hybridized carbons (Fsp3) is 0.347. The van der Waals surface area contributed by atoms with Crippen molar-refractivity contribution < 1.29 is 31.5 Å². The number of methoxy groups -OCH3 is 2. The molecule has 2 aliphatic rings. The van der Waals surface area contributed by atoms with Crippen molar-refractivity contribution in [2.45, 2.75) is 96.1 Å². The summed E-state index contributed by atoms with van der Waals surface area (Å²) in [6, 6.07) is 20.3. The first kappa shape index (κ1) is 38.7. The molecule has 2 atom stereocenters. The van der Waals surface area contributed by atoms with Crippen LogP contribution in [0.4, 0.5) is 13.2 Å². The van der Waals surface area contributed by atoms with Gasteiger partial charge in [-0.3, -0.25) is 9.59 Å². The molecule has 2 aliphatic carbocycles. The van der Waals surface area contributed by atoms with Crippen LogP contribution in [0.3, 0.4) is 0 Å². The Balaban J connectivity index is 1.21. The maximum Gasteiger partial charge on any atom is 0.402 e. The predicted octanol–water partition coefficient (Wildman–Crippen LogP) is 11.3. The van der Waals surface area contributed by atoms with Crippen LogP contribution in [-0.2, 0) is 21.7 Å². The number of alkyl halides is 3. The monoisotopic (exact) mass is 801 g/mol. The molecule has 304 valence electrons. The molecule has 2 heterocycles. The van der Waals surface area contributed by atoms with Crippen LogP contribution in [-0.4, -0.2) is 25.0 Å². The maximum absolute atomic E-state index is 15.1. The highest BCUT2D eigenvalue weighted by molar-refractivity contribution is 5.95. The number of nitrogens with zero attached hydrogens (tertiary/aromatic N) is 1. The smallest absolute Gasteiger partial charge is 0.402 e. The van der Waals surface area contributed by atoms with Gasteiger partial charge in [-0.2, -0.15) is 13.2 Å². The van der Waals surface area contributed by atoms with E-state index in [0.29, 0.717) is 28.2 Å². The number of hydrogen-bond acceptors (Lipinski definition) is 6. The third kappa shape index (κ3) is 5.33. The number of aryl methyl sites for hydroxylation is 3. The van der Waals surface area contributed by atoms with E-state index in [2.05, 4.69) is 45.9 Å². The molecule has 2 unspecified atom stereocenters. The van der Waals surface area contributed by atoms with Gasteiger partial charge in [0, 0.05) is 5.41 Å². The Hall–Kier alpha value is -5.77. The number of ether oxygens (including phenoxy) is 2. The Kier molecular flexibility index (Phi) is 8.13. The molecule has 10 heteroatoms. The molecule has 59 heavy (non-hydrogen) atoms. The summed E-state index contributed by atoms with van der Waals surface area (Å²) in [6.45, 7) is 15.4. The van der Waals surface area contributed by atoms with Crippen molar-refractivity contribution in [3.05, 3.63) is 144 Å². The van der Waals surface area contributed by atoms with Gasteiger partial charge in [0.2, 0.25) is 0 Å². The summed E-state index contributed by atoms with van der Waals surface area (Å²) in [7, 11) is 3.29. The van der Waals surface area contributed by atoms with E-state index in [1.807, 2.05) is 13.0 Å². The lowest BCUT2D eigenvalue weighted by Gasteiger charge is -2.34. The molecule has 2 aromatic heterocycles. The molecule has 9 rings (SSSR count). The number of hydrogen-bond donors (Lipinski definition) is 0. The van der Waals surface area contributed by atoms with Crippen LogP contribution >= 0.6 is 0 Å². The Labute approximate surface area is 339 Å². The van der Waals surface area contributed by atoms with Gasteiger partial charge < -0.3 is 18.3 Å². The van der Waals surface area contributed by atoms with E-state index in [1.165, 1.54) is 47.5 Å². The number of fused-ring (bicyclic) bond motifs is 7. The minimum Gasteiger partial charge on any atom is -0.493 e. The third-order valence-corrected chi connectivity index (χ3v) is 13.7. The zero-order chi connectivity index (χ0) is 42.4. The molecular weight excluding hydrogens is 756 g/mol. The molecule has 7 nitrogen and oxygen atoms in total. The predicted molar refractivity (Wildman–Crippen MR) is 224 cm³/mol. The molecule has 0 fully saturated rings. The second kappa shape index (κ2) is 12.4. The molecule has 0 bridgehead atoms. The summed E-state index contributed by atoms with van der Waals surface area (Å²) in [5, 5.41) is 0.151. The molecule has 5 aromatic carbocycles. The first-order chi connectivity index (χ1) is 27.6. The standard InChI is InChI=1S/C49H46F3NO6/c1-25-11-13-28(15-27(25)3)47(8,49(50,51)52)29-14-12-26(2)36(16-29)53-43(54)30-17-39-40(18-31(30)44(53)55)59-42-22-35-33(20-41(42)58-39)46(6,7)24-48(35)23-45(4,5)32-19-37(56-9)38(57-10)21-34(32)48/h11-22H,23-24H2,1-10H3. The van der Waals surface area contributed by atoms with Crippen LogP contribution in [0.5, 0.6) is 11.5 Å². The fourth-order valence-electron chi connectivity index (χ4n) is 10.4. The van der Waals surface area contributed by atoms with Crippen LogP contribution in [0.15, 0.2) is 91.2 Å². The first-order valence-corrected chi connectivity index (χ1v) is 19.8. The molecule has 0 aliphatic heterocycles. The minimum atomic E-state index is -4.70. The lowest BCUT2D eigenvalue weighted by atomic mass is 9.72. The van der Waals surface area contributed by atoms with Gasteiger partial charge >= 0.3 is 6.18 Å². The van der Waals surface area contributed by atoms with Gasteiger partial charge in [-0.15, -0.1) is 0 Å². The summed E-state index contributed by atoms with van der Waals surface area (Å²) in [5.74, 6) is 1.35. The summed E-state index contributed by atoms with van der Waals surface area (Å²) in [6.07, 6.45) is -3.00. The quantitative estimate of drug-likeness (QED) is 0.161. The van der Waals surface area contributed by atoms with Gasteiger partial charge in [0.1, 0.15) is 5.41 Å². The van der Waals surface area contributed by atoms with Crippen LogP contribution in [0.1, 0.15) is 97.5 Å². The average Bonchev–Trinajstić information content (AvgIpc) is 3.65. The lowest BCUT2D eigenvalue weighted by Crippen LogP contribution is -2.41. The van der Waals surface area contributed by atoms with Gasteiger partial charge in [0.25, 0.3) is 11.1 Å². The normalized spacial score (nSPS) is 19.1. The summed E-state index contributed by atoms with van der Waals surface area (Å²) in [4.78, 5) is 28.4. The average molecular weight is 802 g/mol. The van der Waals surface area contributed by atoms with Crippen molar-refractivity contribution in [3.63, 3.8) is 0 Å². The number of benzene rings is 5. The molecular formula is C49H46F3NO6. The molecule has 1 spiro atoms. The third-order valence-electron chi connectivity index (χ3n) is 13.7. The van der Waals surface area contributed by atoms with E-state index in [0.717, 1.165) is 46.6 Å². The maximum atomic E-state index is 15.1. The molecule has 0 N–H and O–H groups in total. The van der Waals surface area contributed by atoms with E-state index in [9.17, 15) is 9.59 Å². The van der Waals surface area contributed by atoms with Crippen LogP contribution in [0, 0.1) is 20.8 Å². The van der Waals surface area contributed by atoms with Crippen LogP contribution in [0.25, 0.3) is 38.8 Å². The number of halogens is 3. The second-order valence-electron chi connectivity index (χ2n) is 18.2. The Morgan fingerprint density at radius 2 is 1.03 bits per heavy atom. The van der Waals surface area contributed by atoms with E-state index in [-0.39, 0.29) is 55.0 Å². The van der Waals surface area contributed by atoms with Crippen molar-refractivity contribution in [1.29, 1.82) is 0 Å². The number of rotatable bonds is 5. The van der Waals surface area contributed by atoms with E-state index in [4.69, 9.17) is 18.3 Å². The van der Waals surface area contributed by atoms with Crippen molar-refractivity contribution in [1.82, 2.24) is 4.57 Å². The Morgan fingerprint density at radius 1 is 0.593 bits per heavy atom. The van der Waals surface area contributed by atoms with Gasteiger partial charge in [-0.25, -0.2) is 4.57 Å². The van der Waals surface area contributed by atoms with Crippen LogP contribution in [0.2, 0.25) is 0 Å². The van der Waals surface area contributed by atoms with Crippen molar-refractivity contribution >= 4 is 33.1 Å². The highest BCUT2D eigenvalue weighted by Gasteiger charge is 2.57. The highest BCUT2D eigenvalue weighted by atomic mass is 19.4. The Bertz CT molecular complexity index is 3070. The molecule has 0 saturated carbocycles. The van der Waals surface area contributed by atoms with Crippen molar-refractivity contribution in [3.8, 4) is 17.2 Å². The highest BCUT2D eigenvalue weighted by Crippen LogP contribution is 2.64. The van der Waals surface area contributed by atoms with Gasteiger partial charge in [0.15, 0.2) is 33.8 Å². The zero-order valence-corrected chi connectivity index (χ0v) is 34.9. The van der Waals surface area contributed by atoms with Crippen molar-refractivity contribution in [2.75, 3.05) is 14.2 Å². The topological polar surface area (TPSA) is 83.8 Å². The Morgan fingerprint density at radius 3 is 1.54 bits per heavy atom. The SMILES string of the molecule is COc1cc2c(cc1OC)C1(CC2(C)C)CC(C)(C)c2cc3oc4cc5c(=O)n(-c6cc(C(C)(c7ccc(C)c(C)c7)C(F)(F)F)ccc6C)c(=O)c5cc4oc3cc21. The second-order valence-corrected chi connectivity index (χ2v) is 18.2.